The number of hydrogen-bond donors (Lipinski definition) is 2. The van der Waals surface area contributed by atoms with E-state index in [4.69, 9.17) is 5.73 Å². The van der Waals surface area contributed by atoms with Crippen LogP contribution in [0.2, 0.25) is 0 Å². The van der Waals surface area contributed by atoms with Crippen molar-refractivity contribution in [2.45, 2.75) is 54.7 Å². The van der Waals surface area contributed by atoms with Crippen molar-refractivity contribution in [3.8, 4) is 0 Å². The van der Waals surface area contributed by atoms with Crippen molar-refractivity contribution >= 4 is 23.6 Å². The van der Waals surface area contributed by atoms with Gasteiger partial charge in [-0.25, -0.2) is 0 Å². The Labute approximate surface area is 176 Å². The van der Waals surface area contributed by atoms with Crippen molar-refractivity contribution in [1.29, 1.82) is 0 Å². The largest absolute Gasteiger partial charge is 0.316 e. The van der Waals surface area contributed by atoms with Gasteiger partial charge in [-0.05, 0) is 29.7 Å². The summed E-state index contributed by atoms with van der Waals surface area (Å²) < 4.78 is -1.04. The molecule has 1 saturated heterocycles. The van der Waals surface area contributed by atoms with Crippen LogP contribution in [-0.4, -0.2) is 27.9 Å². The number of amides is 2. The van der Waals surface area contributed by atoms with Crippen LogP contribution in [0.5, 0.6) is 0 Å². The molecular weight excluding hydrogens is 380 g/mol. The summed E-state index contributed by atoms with van der Waals surface area (Å²) in [5.41, 5.74) is 6.98. The third-order valence-corrected chi connectivity index (χ3v) is 8.40. The molecule has 0 aromatic heterocycles. The molecular formula is C24H28N2O2S. The summed E-state index contributed by atoms with van der Waals surface area (Å²) in [6.07, 6.45) is 4.89. The van der Waals surface area contributed by atoms with E-state index in [9.17, 15) is 9.59 Å². The Bertz CT molecular complexity index is 862. The lowest BCUT2D eigenvalue weighted by molar-refractivity contribution is -0.128. The van der Waals surface area contributed by atoms with E-state index in [1.54, 1.807) is 11.8 Å². The van der Waals surface area contributed by atoms with Gasteiger partial charge < -0.3 is 5.73 Å². The van der Waals surface area contributed by atoms with Gasteiger partial charge in [0, 0.05) is 5.41 Å². The molecule has 2 aromatic rings. The van der Waals surface area contributed by atoms with Gasteiger partial charge in [-0.3, -0.25) is 14.9 Å². The highest BCUT2D eigenvalue weighted by molar-refractivity contribution is 8.01. The number of carbonyl (C=O) groups excluding carboxylic acids is 2. The summed E-state index contributed by atoms with van der Waals surface area (Å²) >= 11 is 1.58. The second-order valence-electron chi connectivity index (χ2n) is 8.16. The number of benzene rings is 2. The highest BCUT2D eigenvalue weighted by Crippen LogP contribution is 2.68. The Hall–Kier alpha value is -2.11. The van der Waals surface area contributed by atoms with Gasteiger partial charge in [-0.2, -0.15) is 0 Å². The fourth-order valence-corrected chi connectivity index (χ4v) is 6.99. The number of nitrogens with one attached hydrogen (secondary N) is 1. The first-order valence-corrected chi connectivity index (χ1v) is 11.4. The Morgan fingerprint density at radius 1 is 0.897 bits per heavy atom. The number of thioether (sulfide) groups is 1. The molecule has 152 valence electrons. The fourth-order valence-electron chi connectivity index (χ4n) is 5.17. The number of unbranched alkanes of at least 4 members (excludes halogenated alkanes) is 3. The third-order valence-electron chi connectivity index (χ3n) is 6.57. The number of rotatable bonds is 8. The van der Waals surface area contributed by atoms with Gasteiger partial charge in [0.15, 0.2) is 0 Å². The smallest absolute Gasteiger partial charge is 0.248 e. The van der Waals surface area contributed by atoms with Gasteiger partial charge in [0.25, 0.3) is 0 Å². The van der Waals surface area contributed by atoms with E-state index >= 15 is 0 Å². The monoisotopic (exact) mass is 408 g/mol. The molecule has 0 unspecified atom stereocenters. The Morgan fingerprint density at radius 2 is 1.48 bits per heavy atom. The summed E-state index contributed by atoms with van der Waals surface area (Å²) in [5, 5.41) is 2.58. The number of carbonyl (C=O) groups is 2. The molecule has 2 fully saturated rings. The molecule has 0 bridgehead atoms. The first-order chi connectivity index (χ1) is 14.0. The van der Waals surface area contributed by atoms with Crippen LogP contribution < -0.4 is 11.1 Å². The molecule has 2 aliphatic rings. The maximum Gasteiger partial charge on any atom is 0.248 e. The van der Waals surface area contributed by atoms with Crippen molar-refractivity contribution in [2.75, 3.05) is 5.75 Å². The van der Waals surface area contributed by atoms with Crippen molar-refractivity contribution in [3.63, 3.8) is 0 Å². The topological polar surface area (TPSA) is 72.2 Å². The van der Waals surface area contributed by atoms with Crippen LogP contribution in [0, 0.1) is 0 Å². The van der Waals surface area contributed by atoms with E-state index in [1.807, 2.05) is 36.4 Å². The highest BCUT2D eigenvalue weighted by Gasteiger charge is 2.83. The lowest BCUT2D eigenvalue weighted by atomic mass is 9.45. The highest BCUT2D eigenvalue weighted by atomic mass is 32.2. The van der Waals surface area contributed by atoms with Gasteiger partial charge in [0.2, 0.25) is 11.8 Å². The van der Waals surface area contributed by atoms with E-state index in [0.29, 0.717) is 6.42 Å². The molecule has 2 aromatic carbocycles. The van der Waals surface area contributed by atoms with E-state index in [0.717, 1.165) is 36.1 Å². The first-order valence-electron chi connectivity index (χ1n) is 10.4. The zero-order chi connectivity index (χ0) is 20.5. The Balaban J connectivity index is 1.84. The molecule has 1 saturated carbocycles. The van der Waals surface area contributed by atoms with Gasteiger partial charge in [0.1, 0.15) is 10.3 Å². The van der Waals surface area contributed by atoms with Gasteiger partial charge in [-0.15, -0.1) is 11.8 Å². The van der Waals surface area contributed by atoms with E-state index in [-0.39, 0.29) is 11.8 Å². The zero-order valence-corrected chi connectivity index (χ0v) is 17.6. The van der Waals surface area contributed by atoms with Gasteiger partial charge >= 0.3 is 0 Å². The maximum absolute atomic E-state index is 13.4. The minimum absolute atomic E-state index is 0.246. The predicted molar refractivity (Wildman–Crippen MR) is 118 cm³/mol. The summed E-state index contributed by atoms with van der Waals surface area (Å²) in [6.45, 7) is 2.18. The van der Waals surface area contributed by atoms with Crippen LogP contribution in [0.4, 0.5) is 0 Å². The van der Waals surface area contributed by atoms with Crippen LogP contribution in [-0.2, 0) is 15.0 Å². The first kappa shape index (κ1) is 20.2. The van der Waals surface area contributed by atoms with Crippen molar-refractivity contribution in [1.82, 2.24) is 5.32 Å². The molecule has 1 heterocycles. The second kappa shape index (κ2) is 7.62. The molecule has 2 atom stereocenters. The summed E-state index contributed by atoms with van der Waals surface area (Å²) in [5.74, 6) is 0.219. The van der Waals surface area contributed by atoms with Crippen molar-refractivity contribution < 1.29 is 9.59 Å². The molecule has 2 amide bonds. The number of nitrogens with two attached hydrogens (primary N) is 1. The van der Waals surface area contributed by atoms with E-state index in [2.05, 4.69) is 36.5 Å². The quantitative estimate of drug-likeness (QED) is 0.515. The Kier molecular flexibility index (Phi) is 5.30. The van der Waals surface area contributed by atoms with E-state index in [1.165, 1.54) is 6.42 Å². The summed E-state index contributed by atoms with van der Waals surface area (Å²) in [6, 6.07) is 20.1. The van der Waals surface area contributed by atoms with Crippen LogP contribution in [0.25, 0.3) is 0 Å². The van der Waals surface area contributed by atoms with Gasteiger partial charge in [-0.1, -0.05) is 86.8 Å². The molecule has 4 nitrogen and oxygen atoms in total. The lowest BCUT2D eigenvalue weighted by Gasteiger charge is -2.63. The van der Waals surface area contributed by atoms with Crippen LogP contribution >= 0.6 is 11.8 Å². The lowest BCUT2D eigenvalue weighted by Crippen LogP contribution is -2.81. The minimum atomic E-state index is -1.19. The molecule has 0 radical (unpaired) electrons. The van der Waals surface area contributed by atoms with E-state index < -0.39 is 15.7 Å². The average Bonchev–Trinajstić information content (AvgIpc) is 2.88. The van der Waals surface area contributed by atoms with Crippen molar-refractivity contribution in [3.05, 3.63) is 71.8 Å². The van der Waals surface area contributed by atoms with Gasteiger partial charge in [0.05, 0.1) is 0 Å². The molecule has 3 N–H and O–H groups in total. The van der Waals surface area contributed by atoms with Crippen molar-refractivity contribution in [2.24, 2.45) is 5.73 Å². The number of imide groups is 1. The van der Waals surface area contributed by atoms with Crippen LogP contribution in [0.1, 0.15) is 50.2 Å². The number of fused-ring (bicyclic) bond motifs is 1. The molecule has 5 heteroatoms. The molecule has 1 aliphatic carbocycles. The Morgan fingerprint density at radius 3 is 2.00 bits per heavy atom. The second-order valence-corrected chi connectivity index (χ2v) is 9.47. The predicted octanol–water partition coefficient (Wildman–Crippen LogP) is 3.78. The van der Waals surface area contributed by atoms with Crippen LogP contribution in [0.15, 0.2) is 60.7 Å². The molecule has 1 aliphatic heterocycles. The zero-order valence-electron chi connectivity index (χ0n) is 16.8. The third kappa shape index (κ3) is 2.71. The molecule has 0 spiro atoms. The van der Waals surface area contributed by atoms with Crippen LogP contribution in [0.3, 0.4) is 0 Å². The minimum Gasteiger partial charge on any atom is -0.316 e. The molecule has 4 rings (SSSR count). The standard InChI is InChI=1S/C24H28N2O2S/c1-2-3-4-11-16-29-24-21(28)26-20(27)23(24,25)17-22(24,18-12-7-5-8-13-18)19-14-9-6-10-15-19/h5-10,12-15H,2-4,11,16-17,25H2,1H3,(H,26,27,28)/t23-,24-/m0/s1. The fraction of sp³-hybridized carbons (Fsp3) is 0.417. The maximum atomic E-state index is 13.4. The normalized spacial score (nSPS) is 27.2. The number of hydrogen-bond acceptors (Lipinski definition) is 4. The SMILES string of the molecule is CCCCCCS[C@]12C(=O)NC(=O)[C@@]1(N)CC2(c1ccccc1)c1ccccc1. The summed E-state index contributed by atoms with van der Waals surface area (Å²) in [7, 11) is 0. The summed E-state index contributed by atoms with van der Waals surface area (Å²) in [4.78, 5) is 26.2. The molecule has 29 heavy (non-hydrogen) atoms. The average molecular weight is 409 g/mol.